The Balaban J connectivity index is 1.36. The second-order valence-corrected chi connectivity index (χ2v) is 9.19. The first kappa shape index (κ1) is 20.1. The third kappa shape index (κ3) is 6.48. The molecule has 0 spiro atoms. The summed E-state index contributed by atoms with van der Waals surface area (Å²) in [5.74, 6) is 0.338. The summed E-state index contributed by atoms with van der Waals surface area (Å²) >= 11 is 8.68. The molecule has 2 heterocycles. The first-order valence-corrected chi connectivity index (χ1v) is 11.2. The molecule has 1 saturated carbocycles. The summed E-state index contributed by atoms with van der Waals surface area (Å²) in [5.41, 5.74) is 0.865. The number of nitrogens with zero attached hydrogens (tertiary/aromatic N) is 1. The Kier molecular flexibility index (Phi) is 7.49. The molecule has 0 atom stereocenters. The molecule has 27 heavy (non-hydrogen) atoms. The van der Waals surface area contributed by atoms with E-state index in [0.29, 0.717) is 29.0 Å². The molecule has 0 bridgehead atoms. The molecule has 3 amide bonds. The lowest BCUT2D eigenvalue weighted by molar-refractivity contribution is -0.125. The van der Waals surface area contributed by atoms with E-state index in [9.17, 15) is 9.59 Å². The summed E-state index contributed by atoms with van der Waals surface area (Å²) in [7, 11) is 0. The van der Waals surface area contributed by atoms with Gasteiger partial charge in [-0.15, -0.1) is 22.7 Å². The highest BCUT2D eigenvalue weighted by molar-refractivity contribution is 7.16. The van der Waals surface area contributed by atoms with Crippen LogP contribution in [0, 0.1) is 5.92 Å². The van der Waals surface area contributed by atoms with Gasteiger partial charge >= 0.3 is 6.03 Å². The zero-order valence-corrected chi connectivity index (χ0v) is 17.3. The minimum atomic E-state index is -0.300. The Hall–Kier alpha value is -1.64. The molecule has 0 unspecified atom stereocenters. The SMILES string of the molecule is O=C(NCc1ccc(Cl)s1)Nc1nc(CCNC(=O)C2CCCCC2)cs1. The maximum atomic E-state index is 12.1. The van der Waals surface area contributed by atoms with Crippen molar-refractivity contribution in [3.05, 3.63) is 32.4 Å². The Morgan fingerprint density at radius 1 is 1.19 bits per heavy atom. The Bertz CT molecular complexity index is 771. The molecule has 2 aromatic rings. The van der Waals surface area contributed by atoms with E-state index in [4.69, 9.17) is 11.6 Å². The molecule has 2 aromatic heterocycles. The van der Waals surface area contributed by atoms with Gasteiger partial charge in [-0.05, 0) is 25.0 Å². The summed E-state index contributed by atoms with van der Waals surface area (Å²) < 4.78 is 0.701. The van der Waals surface area contributed by atoms with Gasteiger partial charge in [0.15, 0.2) is 5.13 Å². The fourth-order valence-corrected chi connectivity index (χ4v) is 4.82. The highest BCUT2D eigenvalue weighted by Crippen LogP contribution is 2.24. The molecule has 9 heteroatoms. The molecular weight excluding hydrogens is 404 g/mol. The molecule has 0 radical (unpaired) electrons. The van der Waals surface area contributed by atoms with Crippen molar-refractivity contribution in [2.45, 2.75) is 45.1 Å². The molecule has 3 N–H and O–H groups in total. The number of nitrogens with one attached hydrogen (secondary N) is 3. The van der Waals surface area contributed by atoms with Gasteiger partial charge in [-0.25, -0.2) is 9.78 Å². The molecule has 0 aliphatic heterocycles. The van der Waals surface area contributed by atoms with Crippen LogP contribution in [0.1, 0.15) is 42.7 Å². The predicted molar refractivity (Wildman–Crippen MR) is 111 cm³/mol. The van der Waals surface area contributed by atoms with Crippen LogP contribution in [0.3, 0.4) is 0 Å². The van der Waals surface area contributed by atoms with Crippen molar-refractivity contribution in [2.75, 3.05) is 11.9 Å². The first-order valence-electron chi connectivity index (χ1n) is 9.11. The fraction of sp³-hybridized carbons (Fsp3) is 0.500. The maximum Gasteiger partial charge on any atom is 0.321 e. The van der Waals surface area contributed by atoms with Gasteiger partial charge in [0, 0.05) is 29.1 Å². The molecule has 1 aliphatic rings. The van der Waals surface area contributed by atoms with E-state index in [2.05, 4.69) is 20.9 Å². The molecule has 0 aromatic carbocycles. The predicted octanol–water partition coefficient (Wildman–Crippen LogP) is 4.42. The number of urea groups is 1. The van der Waals surface area contributed by atoms with Crippen LogP contribution in [0.4, 0.5) is 9.93 Å². The van der Waals surface area contributed by atoms with E-state index in [1.54, 1.807) is 6.07 Å². The zero-order valence-electron chi connectivity index (χ0n) is 14.9. The monoisotopic (exact) mass is 426 g/mol. The summed E-state index contributed by atoms with van der Waals surface area (Å²) in [4.78, 5) is 29.5. The summed E-state index contributed by atoms with van der Waals surface area (Å²) in [6.07, 6.45) is 6.22. The minimum absolute atomic E-state index is 0.163. The minimum Gasteiger partial charge on any atom is -0.355 e. The second kappa shape index (κ2) is 10.1. The van der Waals surface area contributed by atoms with Crippen LogP contribution < -0.4 is 16.0 Å². The van der Waals surface area contributed by atoms with Crippen LogP contribution in [0.15, 0.2) is 17.5 Å². The van der Waals surface area contributed by atoms with Crippen molar-refractivity contribution < 1.29 is 9.59 Å². The standard InChI is InChI=1S/C18H23ClN4O2S2/c19-15-7-6-14(27-15)10-21-17(25)23-18-22-13(11-26-18)8-9-20-16(24)12-4-2-1-3-5-12/h6-7,11-12H,1-5,8-10H2,(H,20,24)(H2,21,22,23,25). The normalized spacial score (nSPS) is 14.7. The molecule has 6 nitrogen and oxygen atoms in total. The summed E-state index contributed by atoms with van der Waals surface area (Å²) in [6, 6.07) is 3.39. The number of thiophene rings is 1. The van der Waals surface area contributed by atoms with Gasteiger partial charge in [-0.1, -0.05) is 30.9 Å². The van der Waals surface area contributed by atoms with Crippen LogP contribution in [-0.4, -0.2) is 23.5 Å². The van der Waals surface area contributed by atoms with Gasteiger partial charge in [-0.3, -0.25) is 10.1 Å². The maximum absolute atomic E-state index is 12.1. The number of halogens is 1. The van der Waals surface area contributed by atoms with E-state index < -0.39 is 0 Å². The van der Waals surface area contributed by atoms with Gasteiger partial charge in [0.1, 0.15) is 0 Å². The van der Waals surface area contributed by atoms with Crippen LogP contribution in [0.25, 0.3) is 0 Å². The topological polar surface area (TPSA) is 83.1 Å². The van der Waals surface area contributed by atoms with Crippen LogP contribution in [0.2, 0.25) is 4.34 Å². The van der Waals surface area contributed by atoms with Crippen molar-refractivity contribution in [1.29, 1.82) is 0 Å². The lowest BCUT2D eigenvalue weighted by atomic mass is 9.89. The number of carbonyl (C=O) groups excluding carboxylic acids is 2. The molecule has 3 rings (SSSR count). The van der Waals surface area contributed by atoms with Crippen molar-refractivity contribution in [1.82, 2.24) is 15.6 Å². The molecule has 1 fully saturated rings. The summed E-state index contributed by atoms with van der Waals surface area (Å²) in [5, 5.41) is 11.0. The van der Waals surface area contributed by atoms with Gasteiger partial charge < -0.3 is 10.6 Å². The van der Waals surface area contributed by atoms with E-state index >= 15 is 0 Å². The Morgan fingerprint density at radius 2 is 2.00 bits per heavy atom. The van der Waals surface area contributed by atoms with Crippen molar-refractivity contribution in [3.8, 4) is 0 Å². The van der Waals surface area contributed by atoms with E-state index in [-0.39, 0.29) is 17.9 Å². The molecule has 146 valence electrons. The number of aromatic nitrogens is 1. The highest BCUT2D eigenvalue weighted by Gasteiger charge is 2.20. The number of amides is 3. The van der Waals surface area contributed by atoms with Crippen molar-refractivity contribution in [2.24, 2.45) is 5.92 Å². The van der Waals surface area contributed by atoms with Crippen molar-refractivity contribution in [3.63, 3.8) is 0 Å². The lowest BCUT2D eigenvalue weighted by Crippen LogP contribution is -2.33. The van der Waals surface area contributed by atoms with Gasteiger partial charge in [-0.2, -0.15) is 0 Å². The Labute approximate surface area is 171 Å². The zero-order chi connectivity index (χ0) is 19.1. The number of rotatable bonds is 7. The van der Waals surface area contributed by atoms with Crippen LogP contribution in [-0.2, 0) is 17.8 Å². The van der Waals surface area contributed by atoms with Gasteiger partial charge in [0.2, 0.25) is 5.91 Å². The molecule has 1 aliphatic carbocycles. The smallest absolute Gasteiger partial charge is 0.321 e. The number of hydrogen-bond acceptors (Lipinski definition) is 5. The third-order valence-corrected chi connectivity index (χ3v) is 6.52. The number of thiazole rings is 1. The van der Waals surface area contributed by atoms with E-state index in [1.807, 2.05) is 11.4 Å². The number of anilines is 1. The highest BCUT2D eigenvalue weighted by atomic mass is 35.5. The fourth-order valence-electron chi connectivity index (χ4n) is 3.06. The van der Waals surface area contributed by atoms with Gasteiger partial charge in [0.05, 0.1) is 16.6 Å². The first-order chi connectivity index (χ1) is 13.1. The third-order valence-electron chi connectivity index (χ3n) is 4.48. The van der Waals surface area contributed by atoms with Crippen LogP contribution in [0.5, 0.6) is 0 Å². The van der Waals surface area contributed by atoms with Crippen molar-refractivity contribution >= 4 is 51.3 Å². The quantitative estimate of drug-likeness (QED) is 0.612. The average Bonchev–Trinajstić information content (AvgIpc) is 3.29. The molecular formula is C18H23ClN4O2S2. The van der Waals surface area contributed by atoms with Crippen LogP contribution >= 0.6 is 34.3 Å². The molecule has 0 saturated heterocycles. The van der Waals surface area contributed by atoms with E-state index in [0.717, 1.165) is 36.3 Å². The van der Waals surface area contributed by atoms with E-state index in [1.165, 1.54) is 29.1 Å². The second-order valence-electron chi connectivity index (χ2n) is 6.53. The largest absolute Gasteiger partial charge is 0.355 e. The average molecular weight is 427 g/mol. The summed E-state index contributed by atoms with van der Waals surface area (Å²) in [6.45, 7) is 0.999. The Morgan fingerprint density at radius 3 is 2.74 bits per heavy atom. The van der Waals surface area contributed by atoms with Gasteiger partial charge in [0.25, 0.3) is 0 Å². The number of carbonyl (C=O) groups is 2. The number of hydrogen-bond donors (Lipinski definition) is 3. The lowest BCUT2D eigenvalue weighted by Gasteiger charge is -2.20.